The van der Waals surface area contributed by atoms with Gasteiger partial charge in [0.05, 0.1) is 6.61 Å². The van der Waals surface area contributed by atoms with Crippen LogP contribution in [0.3, 0.4) is 0 Å². The van der Waals surface area contributed by atoms with Gasteiger partial charge >= 0.3 is 0 Å². The molecule has 1 aromatic carbocycles. The maximum Gasteiger partial charge on any atom is 0.251 e. The van der Waals surface area contributed by atoms with Crippen LogP contribution >= 0.6 is 0 Å². The number of ether oxygens (including phenoxy) is 1. The molecule has 0 aromatic heterocycles. The van der Waals surface area contributed by atoms with Crippen LogP contribution in [0.5, 0.6) is 5.75 Å². The molecule has 1 aliphatic rings. The van der Waals surface area contributed by atoms with E-state index in [-0.39, 0.29) is 5.91 Å². The van der Waals surface area contributed by atoms with E-state index in [1.54, 1.807) is 12.1 Å². The summed E-state index contributed by atoms with van der Waals surface area (Å²) in [7, 11) is 0. The Morgan fingerprint density at radius 1 is 1.23 bits per heavy atom. The lowest BCUT2D eigenvalue weighted by molar-refractivity contribution is 0.0915. The minimum atomic E-state index is -0.396. The average Bonchev–Trinajstić information content (AvgIpc) is 2.54. The largest absolute Gasteiger partial charge is 0.493 e. The zero-order chi connectivity index (χ0) is 16.0. The Labute approximate surface area is 133 Å². The maximum atomic E-state index is 12.1. The molecule has 1 saturated carbocycles. The fourth-order valence-corrected chi connectivity index (χ4v) is 2.70. The first-order valence-electron chi connectivity index (χ1n) is 8.25. The van der Waals surface area contributed by atoms with Gasteiger partial charge in [0.25, 0.3) is 5.91 Å². The van der Waals surface area contributed by atoms with Crippen molar-refractivity contribution in [3.8, 4) is 5.75 Å². The zero-order valence-corrected chi connectivity index (χ0v) is 13.7. The molecule has 0 saturated heterocycles. The van der Waals surface area contributed by atoms with Crippen LogP contribution in [-0.4, -0.2) is 24.6 Å². The molecule has 122 valence electrons. The Hall–Kier alpha value is -1.55. The SMILES string of the molecule is CC(C)(CN)NC(=O)c1ccc(OCC2CCCCC2)cc1. The summed E-state index contributed by atoms with van der Waals surface area (Å²) in [5.41, 5.74) is 5.87. The van der Waals surface area contributed by atoms with Crippen molar-refractivity contribution in [2.75, 3.05) is 13.2 Å². The monoisotopic (exact) mass is 304 g/mol. The highest BCUT2D eigenvalue weighted by Gasteiger charge is 2.19. The molecule has 4 nitrogen and oxygen atoms in total. The van der Waals surface area contributed by atoms with Gasteiger partial charge in [-0.15, -0.1) is 0 Å². The molecule has 0 heterocycles. The van der Waals surface area contributed by atoms with Gasteiger partial charge in [0, 0.05) is 17.6 Å². The Morgan fingerprint density at radius 3 is 2.45 bits per heavy atom. The minimum Gasteiger partial charge on any atom is -0.493 e. The van der Waals surface area contributed by atoms with Crippen molar-refractivity contribution in [3.63, 3.8) is 0 Å². The van der Waals surface area contributed by atoms with Crippen molar-refractivity contribution < 1.29 is 9.53 Å². The molecule has 2 rings (SSSR count). The molecule has 1 aliphatic carbocycles. The molecule has 22 heavy (non-hydrogen) atoms. The molecule has 4 heteroatoms. The number of carbonyl (C=O) groups excluding carboxylic acids is 1. The Balaban J connectivity index is 1.85. The molecule has 0 unspecified atom stereocenters. The van der Waals surface area contributed by atoms with Gasteiger partial charge in [-0.2, -0.15) is 0 Å². The van der Waals surface area contributed by atoms with Gasteiger partial charge in [-0.25, -0.2) is 0 Å². The van der Waals surface area contributed by atoms with Crippen LogP contribution in [0.2, 0.25) is 0 Å². The van der Waals surface area contributed by atoms with Crippen molar-refractivity contribution in [1.82, 2.24) is 5.32 Å². The van der Waals surface area contributed by atoms with Gasteiger partial charge < -0.3 is 15.8 Å². The van der Waals surface area contributed by atoms with Crippen LogP contribution in [0.4, 0.5) is 0 Å². The van der Waals surface area contributed by atoms with E-state index in [9.17, 15) is 4.79 Å². The summed E-state index contributed by atoms with van der Waals surface area (Å²) in [6.45, 7) is 5.01. The van der Waals surface area contributed by atoms with Crippen LogP contribution in [0.25, 0.3) is 0 Å². The van der Waals surface area contributed by atoms with Gasteiger partial charge in [0.1, 0.15) is 5.75 Å². The fourth-order valence-electron chi connectivity index (χ4n) is 2.70. The summed E-state index contributed by atoms with van der Waals surface area (Å²) in [5.74, 6) is 1.41. The van der Waals surface area contributed by atoms with Crippen LogP contribution < -0.4 is 15.8 Å². The second-order valence-electron chi connectivity index (χ2n) is 6.88. The molecule has 0 radical (unpaired) electrons. The summed E-state index contributed by atoms with van der Waals surface area (Å²) in [5, 5.41) is 2.92. The zero-order valence-electron chi connectivity index (χ0n) is 13.7. The molecule has 0 atom stereocenters. The number of amides is 1. The van der Waals surface area contributed by atoms with Gasteiger partial charge in [0.2, 0.25) is 0 Å². The Bertz CT molecular complexity index is 476. The smallest absolute Gasteiger partial charge is 0.251 e. The van der Waals surface area contributed by atoms with Crippen molar-refractivity contribution in [3.05, 3.63) is 29.8 Å². The third-order valence-electron chi connectivity index (χ3n) is 4.29. The van der Waals surface area contributed by atoms with E-state index in [0.29, 0.717) is 18.0 Å². The van der Waals surface area contributed by atoms with Crippen molar-refractivity contribution in [1.29, 1.82) is 0 Å². The maximum absolute atomic E-state index is 12.1. The molecule has 1 aromatic rings. The predicted molar refractivity (Wildman–Crippen MR) is 89.1 cm³/mol. The van der Waals surface area contributed by atoms with Crippen molar-refractivity contribution >= 4 is 5.91 Å². The quantitative estimate of drug-likeness (QED) is 0.848. The Morgan fingerprint density at radius 2 is 1.86 bits per heavy atom. The molecular formula is C18H28N2O2. The average molecular weight is 304 g/mol. The number of benzene rings is 1. The first kappa shape index (κ1) is 16.8. The minimum absolute atomic E-state index is 0.103. The van der Waals surface area contributed by atoms with Gasteiger partial charge in [0.15, 0.2) is 0 Å². The van der Waals surface area contributed by atoms with Crippen molar-refractivity contribution in [2.24, 2.45) is 11.7 Å². The predicted octanol–water partition coefficient (Wildman–Crippen LogP) is 3.11. The van der Waals surface area contributed by atoms with Crippen LogP contribution in [0.1, 0.15) is 56.3 Å². The molecule has 0 bridgehead atoms. The van der Waals surface area contributed by atoms with E-state index >= 15 is 0 Å². The first-order valence-corrected chi connectivity index (χ1v) is 8.25. The van der Waals surface area contributed by atoms with E-state index in [2.05, 4.69) is 5.32 Å². The molecular weight excluding hydrogens is 276 g/mol. The van der Waals surface area contributed by atoms with Crippen LogP contribution in [-0.2, 0) is 0 Å². The standard InChI is InChI=1S/C18H28N2O2/c1-18(2,13-19)20-17(21)15-8-10-16(11-9-15)22-12-14-6-4-3-5-7-14/h8-11,14H,3-7,12-13,19H2,1-2H3,(H,20,21). The van der Waals surface area contributed by atoms with Crippen LogP contribution in [0.15, 0.2) is 24.3 Å². The van der Waals surface area contributed by atoms with Gasteiger partial charge in [-0.05, 0) is 56.9 Å². The van der Waals surface area contributed by atoms with E-state index in [1.807, 2.05) is 26.0 Å². The van der Waals surface area contributed by atoms with Crippen molar-refractivity contribution in [2.45, 2.75) is 51.5 Å². The number of hydrogen-bond donors (Lipinski definition) is 2. The lowest BCUT2D eigenvalue weighted by Crippen LogP contribution is -2.48. The van der Waals surface area contributed by atoms with E-state index in [0.717, 1.165) is 12.4 Å². The topological polar surface area (TPSA) is 64.3 Å². The molecule has 0 aliphatic heterocycles. The number of hydrogen-bond acceptors (Lipinski definition) is 3. The van der Waals surface area contributed by atoms with Gasteiger partial charge in [-0.1, -0.05) is 19.3 Å². The number of carbonyl (C=O) groups is 1. The third-order valence-corrected chi connectivity index (χ3v) is 4.29. The first-order chi connectivity index (χ1) is 10.5. The number of nitrogens with two attached hydrogens (primary N) is 1. The lowest BCUT2D eigenvalue weighted by atomic mass is 9.90. The summed E-state index contributed by atoms with van der Waals surface area (Å²) < 4.78 is 5.85. The molecule has 1 amide bonds. The summed E-state index contributed by atoms with van der Waals surface area (Å²) in [6, 6.07) is 7.34. The van der Waals surface area contributed by atoms with E-state index < -0.39 is 5.54 Å². The molecule has 1 fully saturated rings. The van der Waals surface area contributed by atoms with Gasteiger partial charge in [-0.3, -0.25) is 4.79 Å². The normalized spacial score (nSPS) is 16.3. The summed E-state index contributed by atoms with van der Waals surface area (Å²) in [6.07, 6.45) is 6.55. The summed E-state index contributed by atoms with van der Waals surface area (Å²) in [4.78, 5) is 12.1. The highest BCUT2D eigenvalue weighted by atomic mass is 16.5. The van der Waals surface area contributed by atoms with E-state index in [4.69, 9.17) is 10.5 Å². The summed E-state index contributed by atoms with van der Waals surface area (Å²) >= 11 is 0. The second-order valence-corrected chi connectivity index (χ2v) is 6.88. The highest BCUT2D eigenvalue weighted by molar-refractivity contribution is 5.94. The van der Waals surface area contributed by atoms with E-state index in [1.165, 1.54) is 32.1 Å². The van der Waals surface area contributed by atoms with Crippen LogP contribution in [0, 0.1) is 5.92 Å². The molecule has 0 spiro atoms. The Kier molecular flexibility index (Phi) is 5.83. The fraction of sp³-hybridized carbons (Fsp3) is 0.611. The number of rotatable bonds is 6. The highest BCUT2D eigenvalue weighted by Crippen LogP contribution is 2.24. The third kappa shape index (κ3) is 5.02. The second kappa shape index (κ2) is 7.63. The number of nitrogens with one attached hydrogen (secondary N) is 1. The lowest BCUT2D eigenvalue weighted by Gasteiger charge is -2.24. The molecule has 3 N–H and O–H groups in total.